The van der Waals surface area contributed by atoms with Crippen LogP contribution in [0.15, 0.2) is 72.8 Å². The van der Waals surface area contributed by atoms with Gasteiger partial charge in [-0.25, -0.2) is 0 Å². The molecular formula is C26H28N2O4. The Kier molecular flexibility index (Phi) is 8.00. The maximum atomic E-state index is 13.2. The quantitative estimate of drug-likeness (QED) is 0.526. The summed E-state index contributed by atoms with van der Waals surface area (Å²) in [4.78, 5) is 27.4. The summed E-state index contributed by atoms with van der Waals surface area (Å²) < 4.78 is 11.0. The van der Waals surface area contributed by atoms with E-state index in [-0.39, 0.29) is 18.4 Å². The Morgan fingerprint density at radius 1 is 0.906 bits per heavy atom. The Hall–Kier alpha value is -3.64. The van der Waals surface area contributed by atoms with Crippen LogP contribution in [-0.4, -0.2) is 43.5 Å². The van der Waals surface area contributed by atoms with Crippen molar-refractivity contribution in [3.05, 3.63) is 89.5 Å². The molecule has 0 aliphatic rings. The van der Waals surface area contributed by atoms with Crippen LogP contribution < -0.4 is 10.1 Å². The number of carbonyl (C=O) groups excluding carboxylic acids is 2. The van der Waals surface area contributed by atoms with Gasteiger partial charge in [0.1, 0.15) is 18.0 Å². The van der Waals surface area contributed by atoms with Crippen molar-refractivity contribution in [3.8, 4) is 11.5 Å². The SMILES string of the molecule is COCCN(CC(=O)Nc1cccc(C)c1C)C(=O)c1cccc(Oc2ccccc2)c1. The number of benzene rings is 3. The first-order valence-electron chi connectivity index (χ1n) is 10.4. The number of nitrogens with zero attached hydrogens (tertiary/aromatic N) is 1. The van der Waals surface area contributed by atoms with Crippen molar-refractivity contribution in [2.75, 3.05) is 32.1 Å². The van der Waals surface area contributed by atoms with E-state index in [4.69, 9.17) is 9.47 Å². The third-order valence-electron chi connectivity index (χ3n) is 5.13. The first kappa shape index (κ1) is 23.0. The molecule has 0 aliphatic carbocycles. The summed E-state index contributed by atoms with van der Waals surface area (Å²) >= 11 is 0. The molecule has 0 atom stereocenters. The molecule has 32 heavy (non-hydrogen) atoms. The van der Waals surface area contributed by atoms with Gasteiger partial charge in [-0.1, -0.05) is 36.4 Å². The number of carbonyl (C=O) groups is 2. The fourth-order valence-corrected chi connectivity index (χ4v) is 3.20. The molecule has 0 unspecified atom stereocenters. The van der Waals surface area contributed by atoms with E-state index in [1.54, 1.807) is 31.4 Å². The number of amides is 2. The first-order chi connectivity index (χ1) is 15.5. The van der Waals surface area contributed by atoms with Crippen LogP contribution >= 0.6 is 0 Å². The van der Waals surface area contributed by atoms with Gasteiger partial charge in [0.15, 0.2) is 0 Å². The van der Waals surface area contributed by atoms with Crippen molar-refractivity contribution in [2.45, 2.75) is 13.8 Å². The van der Waals surface area contributed by atoms with E-state index in [2.05, 4.69) is 5.32 Å². The summed E-state index contributed by atoms with van der Waals surface area (Å²) in [5.41, 5.74) is 3.27. The van der Waals surface area contributed by atoms with Gasteiger partial charge in [0.2, 0.25) is 5.91 Å². The largest absolute Gasteiger partial charge is 0.457 e. The van der Waals surface area contributed by atoms with Gasteiger partial charge >= 0.3 is 0 Å². The summed E-state index contributed by atoms with van der Waals surface area (Å²) in [6.07, 6.45) is 0. The number of ether oxygens (including phenoxy) is 2. The molecule has 166 valence electrons. The van der Waals surface area contributed by atoms with Gasteiger partial charge in [0.05, 0.1) is 6.61 Å². The lowest BCUT2D eigenvalue weighted by Gasteiger charge is -2.22. The molecule has 0 heterocycles. The van der Waals surface area contributed by atoms with E-state index in [9.17, 15) is 9.59 Å². The van der Waals surface area contributed by atoms with E-state index < -0.39 is 0 Å². The van der Waals surface area contributed by atoms with Crippen molar-refractivity contribution in [2.24, 2.45) is 0 Å². The molecule has 3 aromatic rings. The van der Waals surface area contributed by atoms with Crippen molar-refractivity contribution >= 4 is 17.5 Å². The number of hydrogen-bond acceptors (Lipinski definition) is 4. The van der Waals surface area contributed by atoms with Crippen LogP contribution in [0.2, 0.25) is 0 Å². The van der Waals surface area contributed by atoms with Gasteiger partial charge in [0.25, 0.3) is 5.91 Å². The minimum Gasteiger partial charge on any atom is -0.457 e. The average Bonchev–Trinajstić information content (AvgIpc) is 2.80. The molecule has 2 amide bonds. The molecule has 0 saturated heterocycles. The van der Waals surface area contributed by atoms with Crippen molar-refractivity contribution in [1.82, 2.24) is 4.90 Å². The van der Waals surface area contributed by atoms with E-state index in [1.165, 1.54) is 4.90 Å². The lowest BCUT2D eigenvalue weighted by molar-refractivity contribution is -0.117. The molecule has 0 bridgehead atoms. The molecule has 0 spiro atoms. The van der Waals surface area contributed by atoms with Crippen LogP contribution in [0.1, 0.15) is 21.5 Å². The van der Waals surface area contributed by atoms with Crippen LogP contribution in [0.4, 0.5) is 5.69 Å². The number of anilines is 1. The highest BCUT2D eigenvalue weighted by molar-refractivity contribution is 5.99. The standard InChI is InChI=1S/C26H28N2O4/c1-19-9-7-14-24(20(19)2)27-25(29)18-28(15-16-31-3)26(30)21-10-8-13-23(17-21)32-22-11-5-4-6-12-22/h4-14,17H,15-16,18H2,1-3H3,(H,27,29). The number of aryl methyl sites for hydroxylation is 1. The second kappa shape index (κ2) is 11.1. The van der Waals surface area contributed by atoms with E-state index in [1.807, 2.05) is 62.4 Å². The van der Waals surface area contributed by atoms with Gasteiger partial charge < -0.3 is 19.7 Å². The fraction of sp³-hybridized carbons (Fsp3) is 0.231. The summed E-state index contributed by atoms with van der Waals surface area (Å²) in [6.45, 7) is 4.47. The summed E-state index contributed by atoms with van der Waals surface area (Å²) in [5, 5.41) is 2.91. The minimum atomic E-state index is -0.267. The molecular weight excluding hydrogens is 404 g/mol. The fourth-order valence-electron chi connectivity index (χ4n) is 3.20. The van der Waals surface area contributed by atoms with Crippen LogP contribution in [0.25, 0.3) is 0 Å². The summed E-state index contributed by atoms with van der Waals surface area (Å²) in [5.74, 6) is 0.700. The molecule has 6 heteroatoms. The second-order valence-corrected chi connectivity index (χ2v) is 7.46. The number of hydrogen-bond donors (Lipinski definition) is 1. The van der Waals surface area contributed by atoms with Crippen LogP contribution in [0, 0.1) is 13.8 Å². The summed E-state index contributed by atoms with van der Waals surface area (Å²) in [7, 11) is 1.56. The topological polar surface area (TPSA) is 67.9 Å². The Bertz CT molecular complexity index is 1070. The average molecular weight is 433 g/mol. The maximum absolute atomic E-state index is 13.2. The van der Waals surface area contributed by atoms with Crippen LogP contribution in [-0.2, 0) is 9.53 Å². The van der Waals surface area contributed by atoms with Crippen LogP contribution in [0.3, 0.4) is 0 Å². The number of methoxy groups -OCH3 is 1. The zero-order valence-electron chi connectivity index (χ0n) is 18.6. The molecule has 0 aromatic heterocycles. The van der Waals surface area contributed by atoms with Crippen molar-refractivity contribution in [1.29, 1.82) is 0 Å². The normalized spacial score (nSPS) is 10.5. The zero-order valence-corrected chi connectivity index (χ0v) is 18.6. The molecule has 0 radical (unpaired) electrons. The van der Waals surface area contributed by atoms with Crippen molar-refractivity contribution < 1.29 is 19.1 Å². The molecule has 0 fully saturated rings. The second-order valence-electron chi connectivity index (χ2n) is 7.46. The zero-order chi connectivity index (χ0) is 22.9. The first-order valence-corrected chi connectivity index (χ1v) is 10.4. The molecule has 3 rings (SSSR count). The van der Waals surface area contributed by atoms with Gasteiger partial charge in [-0.3, -0.25) is 9.59 Å². The van der Waals surface area contributed by atoms with Gasteiger partial charge in [-0.15, -0.1) is 0 Å². The Morgan fingerprint density at radius 2 is 1.62 bits per heavy atom. The smallest absolute Gasteiger partial charge is 0.254 e. The highest BCUT2D eigenvalue weighted by Crippen LogP contribution is 2.23. The van der Waals surface area contributed by atoms with E-state index in [0.717, 1.165) is 16.8 Å². The molecule has 0 saturated carbocycles. The summed E-state index contributed by atoms with van der Waals surface area (Å²) in [6, 6.07) is 22.0. The highest BCUT2D eigenvalue weighted by Gasteiger charge is 2.20. The monoisotopic (exact) mass is 432 g/mol. The predicted octanol–water partition coefficient (Wildman–Crippen LogP) is 4.82. The van der Waals surface area contributed by atoms with Gasteiger partial charge in [-0.05, 0) is 61.4 Å². The number of rotatable bonds is 9. The lowest BCUT2D eigenvalue weighted by atomic mass is 10.1. The van der Waals surface area contributed by atoms with Crippen LogP contribution in [0.5, 0.6) is 11.5 Å². The molecule has 3 aromatic carbocycles. The van der Waals surface area contributed by atoms with Gasteiger partial charge in [-0.2, -0.15) is 0 Å². The Morgan fingerprint density at radius 3 is 2.38 bits per heavy atom. The molecule has 1 N–H and O–H groups in total. The number of nitrogens with one attached hydrogen (secondary N) is 1. The Balaban J connectivity index is 1.73. The lowest BCUT2D eigenvalue weighted by Crippen LogP contribution is -2.40. The number of para-hydroxylation sites is 1. The maximum Gasteiger partial charge on any atom is 0.254 e. The predicted molar refractivity (Wildman–Crippen MR) is 125 cm³/mol. The third kappa shape index (κ3) is 6.18. The molecule has 0 aliphatic heterocycles. The van der Waals surface area contributed by atoms with Gasteiger partial charge in [0, 0.05) is 24.9 Å². The minimum absolute atomic E-state index is 0.0840. The van der Waals surface area contributed by atoms with E-state index >= 15 is 0 Å². The molecule has 6 nitrogen and oxygen atoms in total. The van der Waals surface area contributed by atoms with E-state index in [0.29, 0.717) is 30.2 Å². The van der Waals surface area contributed by atoms with Crippen molar-refractivity contribution in [3.63, 3.8) is 0 Å². The highest BCUT2D eigenvalue weighted by atomic mass is 16.5. The third-order valence-corrected chi connectivity index (χ3v) is 5.13. The Labute approximate surface area is 188 Å².